The molecule has 0 radical (unpaired) electrons. The summed E-state index contributed by atoms with van der Waals surface area (Å²) >= 11 is 0. The number of rotatable bonds is 2. The summed E-state index contributed by atoms with van der Waals surface area (Å²) in [4.78, 5) is 3.55. The zero-order valence-corrected chi connectivity index (χ0v) is 7.14. The summed E-state index contributed by atoms with van der Waals surface area (Å²) in [6, 6.07) is 0. The molecular formula is C7H10F2N2O. The molecule has 0 amide bonds. The first-order valence-electron chi connectivity index (χ1n) is 3.63. The van der Waals surface area contributed by atoms with E-state index in [0.29, 0.717) is 5.82 Å². The van der Waals surface area contributed by atoms with Crippen molar-refractivity contribution in [2.24, 2.45) is 0 Å². The van der Waals surface area contributed by atoms with Crippen LogP contribution in [0.1, 0.15) is 38.4 Å². The molecule has 12 heavy (non-hydrogen) atoms. The Morgan fingerprint density at radius 1 is 1.42 bits per heavy atom. The highest BCUT2D eigenvalue weighted by Gasteiger charge is 2.32. The van der Waals surface area contributed by atoms with Crippen LogP contribution in [0.5, 0.6) is 0 Å². The second-order valence-electron chi connectivity index (χ2n) is 3.00. The molecule has 0 saturated heterocycles. The third-order valence-corrected chi connectivity index (χ3v) is 1.33. The van der Waals surface area contributed by atoms with Crippen LogP contribution in [0.3, 0.4) is 0 Å². The second kappa shape index (κ2) is 2.80. The standard InChI is InChI=1S/C7H10F2N2O/c1-4(2)5-10-6(12-11-5)7(3,8)9/h4H,1-3H3. The highest BCUT2D eigenvalue weighted by atomic mass is 19.3. The molecule has 1 aromatic heterocycles. The first-order valence-corrected chi connectivity index (χ1v) is 3.63. The Labute approximate surface area is 68.8 Å². The lowest BCUT2D eigenvalue weighted by Gasteiger charge is -2.01. The molecule has 0 saturated carbocycles. The summed E-state index contributed by atoms with van der Waals surface area (Å²) in [5.74, 6) is -3.34. The van der Waals surface area contributed by atoms with E-state index in [0.717, 1.165) is 6.92 Å². The van der Waals surface area contributed by atoms with Crippen molar-refractivity contribution in [1.82, 2.24) is 10.1 Å². The minimum Gasteiger partial charge on any atom is -0.333 e. The van der Waals surface area contributed by atoms with Crippen molar-refractivity contribution < 1.29 is 13.3 Å². The van der Waals surface area contributed by atoms with E-state index >= 15 is 0 Å². The Bertz CT molecular complexity index is 265. The highest BCUT2D eigenvalue weighted by Crippen LogP contribution is 2.25. The molecule has 1 aromatic rings. The number of nitrogens with zero attached hydrogens (tertiary/aromatic N) is 2. The van der Waals surface area contributed by atoms with Crippen LogP contribution in [0, 0.1) is 0 Å². The van der Waals surface area contributed by atoms with E-state index in [1.807, 2.05) is 13.8 Å². The lowest BCUT2D eigenvalue weighted by molar-refractivity contribution is -0.0158. The third-order valence-electron chi connectivity index (χ3n) is 1.33. The first-order chi connectivity index (χ1) is 5.41. The second-order valence-corrected chi connectivity index (χ2v) is 3.00. The van der Waals surface area contributed by atoms with Crippen molar-refractivity contribution in [3.8, 4) is 0 Å². The van der Waals surface area contributed by atoms with Gasteiger partial charge in [-0.15, -0.1) is 0 Å². The van der Waals surface area contributed by atoms with Crippen LogP contribution in [0.4, 0.5) is 8.78 Å². The smallest absolute Gasteiger partial charge is 0.322 e. The van der Waals surface area contributed by atoms with E-state index < -0.39 is 11.8 Å². The van der Waals surface area contributed by atoms with Crippen molar-refractivity contribution in [3.63, 3.8) is 0 Å². The maximum Gasteiger partial charge on any atom is 0.322 e. The van der Waals surface area contributed by atoms with E-state index in [2.05, 4.69) is 14.7 Å². The zero-order valence-electron chi connectivity index (χ0n) is 7.14. The van der Waals surface area contributed by atoms with Crippen LogP contribution in [0.2, 0.25) is 0 Å². The Kier molecular flexibility index (Phi) is 2.12. The van der Waals surface area contributed by atoms with Crippen LogP contribution in [-0.4, -0.2) is 10.1 Å². The van der Waals surface area contributed by atoms with Gasteiger partial charge in [-0.1, -0.05) is 19.0 Å². The van der Waals surface area contributed by atoms with Crippen LogP contribution >= 0.6 is 0 Å². The molecule has 3 nitrogen and oxygen atoms in total. The maximum absolute atomic E-state index is 12.5. The molecule has 0 aliphatic heterocycles. The van der Waals surface area contributed by atoms with Gasteiger partial charge in [0.15, 0.2) is 5.82 Å². The molecule has 68 valence electrons. The van der Waals surface area contributed by atoms with Gasteiger partial charge in [-0.2, -0.15) is 13.8 Å². The summed E-state index contributed by atoms with van der Waals surface area (Å²) in [6.07, 6.45) is 0. The number of hydrogen-bond donors (Lipinski definition) is 0. The number of halogens is 2. The van der Waals surface area contributed by atoms with E-state index in [1.165, 1.54) is 0 Å². The van der Waals surface area contributed by atoms with Crippen LogP contribution < -0.4 is 0 Å². The molecule has 0 bridgehead atoms. The Hall–Kier alpha value is -1.00. The van der Waals surface area contributed by atoms with Crippen molar-refractivity contribution in [1.29, 1.82) is 0 Å². The van der Waals surface area contributed by atoms with Crippen LogP contribution in [-0.2, 0) is 5.92 Å². The molecule has 1 heterocycles. The first kappa shape index (κ1) is 9.09. The fraction of sp³-hybridized carbons (Fsp3) is 0.714. The minimum absolute atomic E-state index is 0.00449. The molecule has 1 rings (SSSR count). The van der Waals surface area contributed by atoms with E-state index in [1.54, 1.807) is 0 Å². The van der Waals surface area contributed by atoms with E-state index in [9.17, 15) is 8.78 Å². The Balaban J connectivity index is 2.92. The fourth-order valence-corrected chi connectivity index (χ4v) is 0.648. The average molecular weight is 176 g/mol. The molecule has 5 heteroatoms. The number of alkyl halides is 2. The summed E-state index contributed by atoms with van der Waals surface area (Å²) in [6.45, 7) is 4.34. The van der Waals surface area contributed by atoms with Gasteiger partial charge < -0.3 is 4.52 Å². The monoisotopic (exact) mass is 176 g/mol. The minimum atomic E-state index is -3.04. The van der Waals surface area contributed by atoms with Crippen molar-refractivity contribution >= 4 is 0 Å². The molecule has 0 atom stereocenters. The summed E-state index contributed by atoms with van der Waals surface area (Å²) < 4.78 is 29.4. The lowest BCUT2D eigenvalue weighted by Crippen LogP contribution is -2.07. The summed E-state index contributed by atoms with van der Waals surface area (Å²) in [5, 5.41) is 3.42. The molecule has 0 aromatic carbocycles. The highest BCUT2D eigenvalue weighted by molar-refractivity contribution is 4.95. The molecular weight excluding hydrogens is 166 g/mol. The lowest BCUT2D eigenvalue weighted by atomic mass is 10.2. The summed E-state index contributed by atoms with van der Waals surface area (Å²) in [5.41, 5.74) is 0. The van der Waals surface area contributed by atoms with Gasteiger partial charge >= 0.3 is 5.92 Å². The SMILES string of the molecule is CC(C)c1noc(C(C)(F)F)n1. The van der Waals surface area contributed by atoms with Gasteiger partial charge in [-0.05, 0) is 0 Å². The molecule has 0 N–H and O–H groups in total. The van der Waals surface area contributed by atoms with Crippen molar-refractivity contribution in [3.05, 3.63) is 11.7 Å². The Morgan fingerprint density at radius 3 is 2.25 bits per heavy atom. The molecule has 0 aliphatic rings. The summed E-state index contributed by atoms with van der Waals surface area (Å²) in [7, 11) is 0. The number of hydrogen-bond acceptors (Lipinski definition) is 3. The van der Waals surface area contributed by atoms with Gasteiger partial charge in [0.1, 0.15) is 0 Å². The predicted molar refractivity (Wildman–Crippen MR) is 38.0 cm³/mol. The fourth-order valence-electron chi connectivity index (χ4n) is 0.648. The van der Waals surface area contributed by atoms with E-state index in [4.69, 9.17) is 0 Å². The van der Waals surface area contributed by atoms with Crippen LogP contribution in [0.25, 0.3) is 0 Å². The molecule has 0 unspecified atom stereocenters. The topological polar surface area (TPSA) is 38.9 Å². The van der Waals surface area contributed by atoms with Gasteiger partial charge in [0, 0.05) is 12.8 Å². The van der Waals surface area contributed by atoms with Crippen LogP contribution in [0.15, 0.2) is 4.52 Å². The van der Waals surface area contributed by atoms with Crippen molar-refractivity contribution in [2.75, 3.05) is 0 Å². The van der Waals surface area contributed by atoms with Gasteiger partial charge in [-0.25, -0.2) is 0 Å². The van der Waals surface area contributed by atoms with Gasteiger partial charge in [-0.3, -0.25) is 0 Å². The largest absolute Gasteiger partial charge is 0.333 e. The zero-order chi connectivity index (χ0) is 9.35. The Morgan fingerprint density at radius 2 is 2.00 bits per heavy atom. The third kappa shape index (κ3) is 1.78. The average Bonchev–Trinajstić information content (AvgIpc) is 2.30. The number of aromatic nitrogens is 2. The quantitative estimate of drug-likeness (QED) is 0.694. The molecule has 0 fully saturated rings. The van der Waals surface area contributed by atoms with E-state index in [-0.39, 0.29) is 5.92 Å². The molecule has 0 spiro atoms. The van der Waals surface area contributed by atoms with Gasteiger partial charge in [0.05, 0.1) is 0 Å². The normalized spacial score (nSPS) is 12.5. The molecule has 0 aliphatic carbocycles. The predicted octanol–water partition coefficient (Wildman–Crippen LogP) is 2.30. The van der Waals surface area contributed by atoms with Gasteiger partial charge in [0.2, 0.25) is 0 Å². The maximum atomic E-state index is 12.5. The van der Waals surface area contributed by atoms with Gasteiger partial charge in [0.25, 0.3) is 5.89 Å². The van der Waals surface area contributed by atoms with Crippen molar-refractivity contribution in [2.45, 2.75) is 32.6 Å².